The highest BCUT2D eigenvalue weighted by Crippen LogP contribution is 2.06. The highest BCUT2D eigenvalue weighted by atomic mass is 16.6. The van der Waals surface area contributed by atoms with Crippen molar-refractivity contribution in [2.45, 2.75) is 13.0 Å². The molecule has 1 aromatic heterocycles. The summed E-state index contributed by atoms with van der Waals surface area (Å²) in [4.78, 5) is 36.2. The molecule has 0 saturated heterocycles. The lowest BCUT2D eigenvalue weighted by Gasteiger charge is -2.13. The van der Waals surface area contributed by atoms with Gasteiger partial charge in [0.2, 0.25) is 12.2 Å². The normalized spacial score (nSPS) is 10.1. The van der Waals surface area contributed by atoms with E-state index in [1.807, 2.05) is 0 Å². The monoisotopic (exact) mass is 256 g/mol. The largest absolute Gasteiger partial charge is 0.480 e. The molecule has 9 heteroatoms. The summed E-state index contributed by atoms with van der Waals surface area (Å²) in [6.45, 7) is -0.160. The number of amides is 1. The molecule has 0 unspecified atom stereocenters. The lowest BCUT2D eigenvalue weighted by molar-refractivity contribution is -0.389. The Morgan fingerprint density at radius 2 is 2.28 bits per heavy atom. The number of nitro groups is 1. The molecule has 0 aliphatic heterocycles. The fourth-order valence-electron chi connectivity index (χ4n) is 1.27. The second kappa shape index (κ2) is 5.75. The van der Waals surface area contributed by atoms with Gasteiger partial charge in [-0.2, -0.15) is 0 Å². The van der Waals surface area contributed by atoms with E-state index in [0.717, 1.165) is 4.90 Å². The third-order valence-corrected chi connectivity index (χ3v) is 2.19. The second-order valence-electron chi connectivity index (χ2n) is 3.62. The van der Waals surface area contributed by atoms with Crippen LogP contribution in [0.2, 0.25) is 0 Å². The summed E-state index contributed by atoms with van der Waals surface area (Å²) in [6.07, 6.45) is 2.52. The molecule has 0 aromatic carbocycles. The molecule has 18 heavy (non-hydrogen) atoms. The number of likely N-dealkylation sites (N-methyl/N-ethyl adjacent to an activating group) is 1. The van der Waals surface area contributed by atoms with E-state index in [0.29, 0.717) is 0 Å². The van der Waals surface area contributed by atoms with E-state index in [-0.39, 0.29) is 31.2 Å². The molecule has 0 atom stereocenters. The maximum atomic E-state index is 11.5. The molecule has 0 aliphatic carbocycles. The first-order valence-electron chi connectivity index (χ1n) is 5.02. The predicted octanol–water partition coefficient (Wildman–Crippen LogP) is -0.276. The van der Waals surface area contributed by atoms with Crippen LogP contribution in [-0.2, 0) is 16.1 Å². The molecular weight excluding hydrogens is 244 g/mol. The fraction of sp³-hybridized carbons (Fsp3) is 0.444. The SMILES string of the molecule is CN(CC(=O)O)C(=O)CCn1cnc([N+](=O)[O-])c1. The number of carboxylic acid groups (broad SMARTS) is 1. The topological polar surface area (TPSA) is 119 Å². The molecule has 1 N–H and O–H groups in total. The third kappa shape index (κ3) is 3.85. The standard InChI is InChI=1S/C9H12N4O5/c1-11(5-9(15)16)8(14)2-3-12-4-7(10-6-12)13(17)18/h4,6H,2-3,5H2,1H3,(H,15,16). The van der Waals surface area contributed by atoms with Crippen LogP contribution in [0, 0.1) is 10.1 Å². The van der Waals surface area contributed by atoms with Crippen molar-refractivity contribution in [3.8, 4) is 0 Å². The average molecular weight is 256 g/mol. The number of carboxylic acids is 1. The van der Waals surface area contributed by atoms with Crippen molar-refractivity contribution in [2.75, 3.05) is 13.6 Å². The van der Waals surface area contributed by atoms with Gasteiger partial charge in [-0.05, 0) is 9.91 Å². The van der Waals surface area contributed by atoms with Gasteiger partial charge in [-0.3, -0.25) is 9.59 Å². The Labute approximate surface area is 102 Å². The zero-order valence-electron chi connectivity index (χ0n) is 9.65. The number of nitrogens with zero attached hydrogens (tertiary/aromatic N) is 4. The first-order chi connectivity index (χ1) is 8.40. The van der Waals surface area contributed by atoms with Crippen LogP contribution in [0.1, 0.15) is 6.42 Å². The molecule has 0 fully saturated rings. The molecule has 1 aromatic rings. The number of aromatic nitrogens is 2. The van der Waals surface area contributed by atoms with Crippen molar-refractivity contribution in [2.24, 2.45) is 0 Å². The van der Waals surface area contributed by atoms with Crippen LogP contribution in [0.5, 0.6) is 0 Å². The van der Waals surface area contributed by atoms with Crippen LogP contribution in [0.25, 0.3) is 0 Å². The van der Waals surface area contributed by atoms with Crippen LogP contribution in [0.15, 0.2) is 12.5 Å². The van der Waals surface area contributed by atoms with Gasteiger partial charge in [0.25, 0.3) is 0 Å². The maximum Gasteiger partial charge on any atom is 0.381 e. The van der Waals surface area contributed by atoms with Gasteiger partial charge in [0.05, 0.1) is 0 Å². The van der Waals surface area contributed by atoms with Crippen molar-refractivity contribution in [3.05, 3.63) is 22.6 Å². The molecule has 1 amide bonds. The Balaban J connectivity index is 2.46. The number of hydrogen-bond acceptors (Lipinski definition) is 5. The first kappa shape index (κ1) is 13.6. The number of aryl methyl sites for hydroxylation is 1. The molecule has 1 rings (SSSR count). The molecular formula is C9H12N4O5. The van der Waals surface area contributed by atoms with Gasteiger partial charge in [-0.15, -0.1) is 0 Å². The van der Waals surface area contributed by atoms with Crippen molar-refractivity contribution >= 4 is 17.7 Å². The van der Waals surface area contributed by atoms with Crippen molar-refractivity contribution in [1.29, 1.82) is 0 Å². The maximum absolute atomic E-state index is 11.5. The van der Waals surface area contributed by atoms with Crippen molar-refractivity contribution in [1.82, 2.24) is 14.5 Å². The van der Waals surface area contributed by atoms with Gasteiger partial charge in [0.1, 0.15) is 12.7 Å². The molecule has 0 spiro atoms. The zero-order valence-corrected chi connectivity index (χ0v) is 9.65. The molecule has 0 radical (unpaired) electrons. The third-order valence-electron chi connectivity index (χ3n) is 2.19. The Hall–Kier alpha value is -2.45. The molecule has 9 nitrogen and oxygen atoms in total. The van der Waals surface area contributed by atoms with Gasteiger partial charge in [0.15, 0.2) is 0 Å². The van der Waals surface area contributed by atoms with E-state index in [2.05, 4.69) is 4.98 Å². The summed E-state index contributed by atoms with van der Waals surface area (Å²) < 4.78 is 1.41. The summed E-state index contributed by atoms with van der Waals surface area (Å²) in [7, 11) is 1.38. The van der Waals surface area contributed by atoms with Crippen LogP contribution < -0.4 is 0 Å². The average Bonchev–Trinajstić information content (AvgIpc) is 2.73. The second-order valence-corrected chi connectivity index (χ2v) is 3.62. The lowest BCUT2D eigenvalue weighted by atomic mass is 10.3. The van der Waals surface area contributed by atoms with Crippen molar-refractivity contribution < 1.29 is 19.6 Å². The molecule has 0 aliphatic rings. The highest BCUT2D eigenvalue weighted by Gasteiger charge is 2.14. The van der Waals surface area contributed by atoms with Crippen LogP contribution >= 0.6 is 0 Å². The van der Waals surface area contributed by atoms with Gasteiger partial charge >= 0.3 is 11.8 Å². The van der Waals surface area contributed by atoms with Crippen molar-refractivity contribution in [3.63, 3.8) is 0 Å². The van der Waals surface area contributed by atoms with E-state index < -0.39 is 10.9 Å². The minimum Gasteiger partial charge on any atom is -0.480 e. The zero-order chi connectivity index (χ0) is 13.7. The molecule has 0 saturated carbocycles. The van der Waals surface area contributed by atoms with Crippen LogP contribution in [0.4, 0.5) is 5.82 Å². The van der Waals surface area contributed by atoms with Gasteiger partial charge in [0, 0.05) is 20.0 Å². The number of carbonyl (C=O) groups excluding carboxylic acids is 1. The number of carbonyl (C=O) groups is 2. The lowest BCUT2D eigenvalue weighted by Crippen LogP contribution is -2.32. The smallest absolute Gasteiger partial charge is 0.381 e. The molecule has 0 bridgehead atoms. The number of rotatable bonds is 6. The van der Waals surface area contributed by atoms with Gasteiger partial charge < -0.3 is 24.7 Å². The minimum absolute atomic E-state index is 0.0529. The van der Waals surface area contributed by atoms with E-state index in [9.17, 15) is 19.7 Å². The molecule has 98 valence electrons. The van der Waals surface area contributed by atoms with Crippen LogP contribution in [-0.4, -0.2) is 49.9 Å². The summed E-state index contributed by atoms with van der Waals surface area (Å²) in [5, 5.41) is 18.9. The minimum atomic E-state index is -1.09. The van der Waals surface area contributed by atoms with E-state index >= 15 is 0 Å². The van der Waals surface area contributed by atoms with Gasteiger partial charge in [-0.1, -0.05) is 0 Å². The Bertz CT molecular complexity index is 469. The van der Waals surface area contributed by atoms with E-state index in [1.165, 1.54) is 24.1 Å². The van der Waals surface area contributed by atoms with E-state index in [1.54, 1.807) is 0 Å². The molecule has 1 heterocycles. The number of aliphatic carboxylic acids is 1. The van der Waals surface area contributed by atoms with Crippen LogP contribution in [0.3, 0.4) is 0 Å². The summed E-state index contributed by atoms with van der Waals surface area (Å²) in [6, 6.07) is 0. The quantitative estimate of drug-likeness (QED) is 0.552. The number of hydrogen-bond donors (Lipinski definition) is 1. The summed E-state index contributed by atoms with van der Waals surface area (Å²) in [5.41, 5.74) is 0. The predicted molar refractivity (Wildman–Crippen MR) is 58.8 cm³/mol. The summed E-state index contributed by atoms with van der Waals surface area (Å²) in [5.74, 6) is -1.74. The highest BCUT2D eigenvalue weighted by molar-refractivity contribution is 5.80. The van der Waals surface area contributed by atoms with Gasteiger partial charge in [-0.25, -0.2) is 0 Å². The Kier molecular flexibility index (Phi) is 4.35. The first-order valence-corrected chi connectivity index (χ1v) is 5.02. The Morgan fingerprint density at radius 3 is 2.78 bits per heavy atom. The summed E-state index contributed by atoms with van der Waals surface area (Å²) >= 11 is 0. The van der Waals surface area contributed by atoms with E-state index in [4.69, 9.17) is 5.11 Å². The number of imidazole rings is 1. The fourth-order valence-corrected chi connectivity index (χ4v) is 1.27. The Morgan fingerprint density at radius 1 is 1.61 bits per heavy atom.